The summed E-state index contributed by atoms with van der Waals surface area (Å²) >= 11 is 0. The molecule has 1 aromatic carbocycles. The van der Waals surface area contributed by atoms with E-state index in [1.54, 1.807) is 13.0 Å². The van der Waals surface area contributed by atoms with E-state index in [4.69, 9.17) is 0 Å². The molecule has 0 aliphatic carbocycles. The maximum Gasteiger partial charge on any atom is 0.274 e. The van der Waals surface area contributed by atoms with Crippen molar-refractivity contribution in [1.29, 1.82) is 0 Å². The average Bonchev–Trinajstić information content (AvgIpc) is 2.48. The van der Waals surface area contributed by atoms with Gasteiger partial charge in [0.15, 0.2) is 0 Å². The molecule has 1 N–H and O–H groups in total. The standard InChI is InChI=1S/C16H25N3O2/c1-3-10-18(12-14-6-8-17-9-7-14)15-5-4-13(2)16(11-15)19(20)21/h4-5,11,14,17H,3,6-10,12H2,1-2H3. The molecule has 1 aliphatic rings. The Morgan fingerprint density at radius 3 is 2.71 bits per heavy atom. The lowest BCUT2D eigenvalue weighted by atomic mass is 9.97. The van der Waals surface area contributed by atoms with Crippen molar-refractivity contribution in [3.63, 3.8) is 0 Å². The molecule has 5 heteroatoms. The number of aryl methyl sites for hydroxylation is 1. The van der Waals surface area contributed by atoms with Crippen molar-refractivity contribution in [2.75, 3.05) is 31.1 Å². The molecule has 0 unspecified atom stereocenters. The van der Waals surface area contributed by atoms with E-state index in [2.05, 4.69) is 17.1 Å². The highest BCUT2D eigenvalue weighted by molar-refractivity contribution is 5.56. The number of benzene rings is 1. The highest BCUT2D eigenvalue weighted by Crippen LogP contribution is 2.27. The van der Waals surface area contributed by atoms with Crippen molar-refractivity contribution < 1.29 is 4.92 Å². The molecule has 1 aliphatic heterocycles. The molecule has 21 heavy (non-hydrogen) atoms. The highest BCUT2D eigenvalue weighted by atomic mass is 16.6. The second-order valence-corrected chi connectivity index (χ2v) is 5.87. The van der Waals surface area contributed by atoms with E-state index in [0.717, 1.165) is 43.9 Å². The van der Waals surface area contributed by atoms with Gasteiger partial charge in [-0.15, -0.1) is 0 Å². The summed E-state index contributed by atoms with van der Waals surface area (Å²) in [6.07, 6.45) is 3.43. The van der Waals surface area contributed by atoms with Crippen LogP contribution in [0, 0.1) is 23.0 Å². The molecule has 0 spiro atoms. The molecule has 1 saturated heterocycles. The van der Waals surface area contributed by atoms with Crippen LogP contribution >= 0.6 is 0 Å². The van der Waals surface area contributed by atoms with E-state index in [1.165, 1.54) is 12.8 Å². The lowest BCUT2D eigenvalue weighted by Crippen LogP contribution is -2.36. The van der Waals surface area contributed by atoms with Gasteiger partial charge in [0.2, 0.25) is 0 Å². The van der Waals surface area contributed by atoms with Crippen LogP contribution in [0.5, 0.6) is 0 Å². The fraction of sp³-hybridized carbons (Fsp3) is 0.625. The van der Waals surface area contributed by atoms with Gasteiger partial charge in [0.05, 0.1) is 4.92 Å². The van der Waals surface area contributed by atoms with E-state index >= 15 is 0 Å². The van der Waals surface area contributed by atoms with Gasteiger partial charge in [0.25, 0.3) is 5.69 Å². The summed E-state index contributed by atoms with van der Waals surface area (Å²) in [6.45, 7) is 8.05. The number of nitro benzene ring substituents is 1. The molecule has 2 rings (SSSR count). The largest absolute Gasteiger partial charge is 0.371 e. The minimum atomic E-state index is -0.284. The Kier molecular flexibility index (Phi) is 5.56. The summed E-state index contributed by atoms with van der Waals surface area (Å²) in [4.78, 5) is 13.1. The van der Waals surface area contributed by atoms with Gasteiger partial charge in [-0.1, -0.05) is 13.0 Å². The summed E-state index contributed by atoms with van der Waals surface area (Å²) in [7, 11) is 0. The van der Waals surface area contributed by atoms with E-state index in [1.807, 2.05) is 12.1 Å². The monoisotopic (exact) mass is 291 g/mol. The van der Waals surface area contributed by atoms with Crippen LogP contribution in [0.15, 0.2) is 18.2 Å². The van der Waals surface area contributed by atoms with Gasteiger partial charge >= 0.3 is 0 Å². The molecule has 1 fully saturated rings. The van der Waals surface area contributed by atoms with E-state index < -0.39 is 0 Å². The van der Waals surface area contributed by atoms with Gasteiger partial charge in [-0.2, -0.15) is 0 Å². The number of nitrogens with one attached hydrogen (secondary N) is 1. The number of piperidine rings is 1. The molecule has 116 valence electrons. The summed E-state index contributed by atoms with van der Waals surface area (Å²) in [5.74, 6) is 0.679. The van der Waals surface area contributed by atoms with Crippen molar-refractivity contribution in [3.05, 3.63) is 33.9 Å². The van der Waals surface area contributed by atoms with E-state index in [9.17, 15) is 10.1 Å². The van der Waals surface area contributed by atoms with Crippen molar-refractivity contribution in [2.45, 2.75) is 33.1 Å². The molecular weight excluding hydrogens is 266 g/mol. The molecule has 0 amide bonds. The van der Waals surface area contributed by atoms with Crippen molar-refractivity contribution in [2.24, 2.45) is 5.92 Å². The van der Waals surface area contributed by atoms with E-state index in [-0.39, 0.29) is 10.6 Å². The van der Waals surface area contributed by atoms with Gasteiger partial charge in [-0.3, -0.25) is 10.1 Å². The Bertz CT molecular complexity index is 484. The van der Waals surface area contributed by atoms with Crippen LogP contribution in [0.25, 0.3) is 0 Å². The van der Waals surface area contributed by atoms with Gasteiger partial charge in [0.1, 0.15) is 0 Å². The van der Waals surface area contributed by atoms with Gasteiger partial charge in [-0.25, -0.2) is 0 Å². The van der Waals surface area contributed by atoms with Crippen molar-refractivity contribution in [3.8, 4) is 0 Å². The first-order valence-electron chi connectivity index (χ1n) is 7.82. The molecule has 0 bridgehead atoms. The Labute approximate surface area is 126 Å². The fourth-order valence-corrected chi connectivity index (χ4v) is 2.96. The van der Waals surface area contributed by atoms with Crippen molar-refractivity contribution >= 4 is 11.4 Å². The van der Waals surface area contributed by atoms with Crippen molar-refractivity contribution in [1.82, 2.24) is 5.32 Å². The maximum absolute atomic E-state index is 11.1. The topological polar surface area (TPSA) is 58.4 Å². The summed E-state index contributed by atoms with van der Waals surface area (Å²) in [5, 5.41) is 14.5. The zero-order valence-corrected chi connectivity index (χ0v) is 13.0. The molecular formula is C16H25N3O2. The fourth-order valence-electron chi connectivity index (χ4n) is 2.96. The third-order valence-corrected chi connectivity index (χ3v) is 4.19. The summed E-state index contributed by atoms with van der Waals surface area (Å²) in [6, 6.07) is 5.60. The predicted octanol–water partition coefficient (Wildman–Crippen LogP) is 3.12. The Morgan fingerprint density at radius 1 is 1.38 bits per heavy atom. The van der Waals surface area contributed by atoms with Crippen LogP contribution in [-0.4, -0.2) is 31.1 Å². The Morgan fingerprint density at radius 2 is 2.10 bits per heavy atom. The second kappa shape index (κ2) is 7.41. The SMILES string of the molecule is CCCN(CC1CCNCC1)c1ccc(C)c([N+](=O)[O-])c1. The second-order valence-electron chi connectivity index (χ2n) is 5.87. The first-order chi connectivity index (χ1) is 10.1. The van der Waals surface area contributed by atoms with Crippen LogP contribution in [0.2, 0.25) is 0 Å². The highest BCUT2D eigenvalue weighted by Gasteiger charge is 2.19. The van der Waals surface area contributed by atoms with Gasteiger partial charge < -0.3 is 10.2 Å². The summed E-state index contributed by atoms with van der Waals surface area (Å²) < 4.78 is 0. The molecule has 1 heterocycles. The summed E-state index contributed by atoms with van der Waals surface area (Å²) in [5.41, 5.74) is 1.92. The Balaban J connectivity index is 2.16. The molecule has 0 atom stereocenters. The minimum Gasteiger partial charge on any atom is -0.371 e. The zero-order valence-electron chi connectivity index (χ0n) is 13.0. The van der Waals surface area contributed by atoms with E-state index in [0.29, 0.717) is 5.92 Å². The third-order valence-electron chi connectivity index (χ3n) is 4.19. The maximum atomic E-state index is 11.1. The first kappa shape index (κ1) is 15.8. The number of hydrogen-bond acceptors (Lipinski definition) is 4. The van der Waals surface area contributed by atoms with Crippen LogP contribution in [0.1, 0.15) is 31.7 Å². The van der Waals surface area contributed by atoms with Gasteiger partial charge in [-0.05, 0) is 51.3 Å². The smallest absolute Gasteiger partial charge is 0.274 e. The number of anilines is 1. The molecule has 0 radical (unpaired) electrons. The quantitative estimate of drug-likeness (QED) is 0.646. The molecule has 0 saturated carbocycles. The van der Waals surface area contributed by atoms with Crippen LogP contribution in [-0.2, 0) is 0 Å². The lowest BCUT2D eigenvalue weighted by molar-refractivity contribution is -0.385. The number of nitro groups is 1. The number of nitrogens with zero attached hydrogens (tertiary/aromatic N) is 2. The molecule has 0 aromatic heterocycles. The normalized spacial score (nSPS) is 15.9. The zero-order chi connectivity index (χ0) is 15.2. The Hall–Kier alpha value is -1.62. The van der Waals surface area contributed by atoms with Crippen LogP contribution < -0.4 is 10.2 Å². The van der Waals surface area contributed by atoms with Gasteiger partial charge in [0, 0.05) is 30.4 Å². The minimum absolute atomic E-state index is 0.221. The molecule has 5 nitrogen and oxygen atoms in total. The number of rotatable bonds is 6. The predicted molar refractivity (Wildman–Crippen MR) is 85.9 cm³/mol. The van der Waals surface area contributed by atoms with Crippen LogP contribution in [0.3, 0.4) is 0 Å². The molecule has 1 aromatic rings. The lowest BCUT2D eigenvalue weighted by Gasteiger charge is -2.31. The third kappa shape index (κ3) is 4.17. The first-order valence-corrected chi connectivity index (χ1v) is 7.82. The average molecular weight is 291 g/mol. The van der Waals surface area contributed by atoms with Crippen LogP contribution in [0.4, 0.5) is 11.4 Å². The number of hydrogen-bond donors (Lipinski definition) is 1.